The van der Waals surface area contributed by atoms with Gasteiger partial charge in [-0.3, -0.25) is 0 Å². The molecule has 0 saturated carbocycles. The van der Waals surface area contributed by atoms with E-state index in [4.69, 9.17) is 4.74 Å². The molecule has 0 aliphatic carbocycles. The van der Waals surface area contributed by atoms with Crippen LogP contribution in [-0.4, -0.2) is 5.11 Å². The minimum Gasteiger partial charge on any atom is -0.388 e. The van der Waals surface area contributed by atoms with Gasteiger partial charge in [0, 0.05) is 0 Å². The highest BCUT2D eigenvalue weighted by Gasteiger charge is 2.14. The van der Waals surface area contributed by atoms with Crippen LogP contribution in [0.3, 0.4) is 0 Å². The molecule has 1 unspecified atom stereocenters. The Balaban J connectivity index is 2.19. The summed E-state index contributed by atoms with van der Waals surface area (Å²) in [6.07, 6.45) is 0.188. The molecule has 2 nitrogen and oxygen atoms in total. The fraction of sp³-hybridized carbons (Fsp3) is 0.385. The van der Waals surface area contributed by atoms with Gasteiger partial charge in [0.25, 0.3) is 0 Å². The maximum absolute atomic E-state index is 9.92. The summed E-state index contributed by atoms with van der Waals surface area (Å²) in [5.74, 6) is 0. The number of ether oxygens (including phenoxy) is 1. The summed E-state index contributed by atoms with van der Waals surface area (Å²) in [6, 6.07) is 6.05. The van der Waals surface area contributed by atoms with Gasteiger partial charge in [-0.2, -0.15) is 0 Å². The van der Waals surface area contributed by atoms with Crippen molar-refractivity contribution in [1.82, 2.24) is 0 Å². The molecule has 2 rings (SSSR count). The molecule has 0 spiro atoms. The molecule has 80 valence electrons. The van der Waals surface area contributed by atoms with Crippen LogP contribution < -0.4 is 0 Å². The van der Waals surface area contributed by atoms with E-state index in [0.29, 0.717) is 19.6 Å². The van der Waals surface area contributed by atoms with Crippen LogP contribution in [0.1, 0.15) is 36.1 Å². The molecule has 1 atom stereocenters. The van der Waals surface area contributed by atoms with E-state index < -0.39 is 6.10 Å². The maximum atomic E-state index is 9.92. The molecule has 1 heterocycles. The van der Waals surface area contributed by atoms with Gasteiger partial charge in [0.1, 0.15) is 0 Å². The van der Waals surface area contributed by atoms with E-state index >= 15 is 0 Å². The SMILES string of the molecule is C=C(C)CC(O)c1ccc2c(c1)COC2. The van der Waals surface area contributed by atoms with Crippen LogP contribution in [0, 0.1) is 0 Å². The van der Waals surface area contributed by atoms with Gasteiger partial charge in [0.2, 0.25) is 0 Å². The zero-order valence-corrected chi connectivity index (χ0v) is 8.99. The van der Waals surface area contributed by atoms with E-state index in [1.807, 2.05) is 25.1 Å². The Morgan fingerprint density at radius 1 is 1.47 bits per heavy atom. The van der Waals surface area contributed by atoms with E-state index in [1.165, 1.54) is 11.1 Å². The Morgan fingerprint density at radius 3 is 2.93 bits per heavy atom. The highest BCUT2D eigenvalue weighted by atomic mass is 16.5. The average molecular weight is 204 g/mol. The van der Waals surface area contributed by atoms with Crippen molar-refractivity contribution in [2.24, 2.45) is 0 Å². The number of benzene rings is 1. The van der Waals surface area contributed by atoms with E-state index in [9.17, 15) is 5.11 Å². The Kier molecular flexibility index (Phi) is 2.89. The topological polar surface area (TPSA) is 29.5 Å². The second kappa shape index (κ2) is 4.17. The molecular weight excluding hydrogens is 188 g/mol. The number of rotatable bonds is 3. The minimum absolute atomic E-state index is 0.437. The summed E-state index contributed by atoms with van der Waals surface area (Å²) >= 11 is 0. The molecule has 0 bridgehead atoms. The van der Waals surface area contributed by atoms with Gasteiger partial charge < -0.3 is 9.84 Å². The molecule has 0 saturated heterocycles. The molecule has 1 N–H and O–H groups in total. The fourth-order valence-electron chi connectivity index (χ4n) is 1.85. The Morgan fingerprint density at radius 2 is 2.20 bits per heavy atom. The molecule has 1 aromatic carbocycles. The summed E-state index contributed by atoms with van der Waals surface area (Å²) < 4.78 is 5.33. The fourth-order valence-corrected chi connectivity index (χ4v) is 1.85. The third kappa shape index (κ3) is 2.28. The molecule has 0 radical (unpaired) electrons. The van der Waals surface area contributed by atoms with Crippen molar-refractivity contribution in [1.29, 1.82) is 0 Å². The number of aliphatic hydroxyl groups is 1. The van der Waals surface area contributed by atoms with E-state index in [0.717, 1.165) is 11.1 Å². The summed E-state index contributed by atoms with van der Waals surface area (Å²) in [7, 11) is 0. The first kappa shape index (κ1) is 10.4. The van der Waals surface area contributed by atoms with E-state index in [2.05, 4.69) is 6.58 Å². The molecule has 0 aromatic heterocycles. The first-order chi connectivity index (χ1) is 7.16. The predicted molar refractivity (Wildman–Crippen MR) is 59.3 cm³/mol. The van der Waals surface area contributed by atoms with Crippen LogP contribution in [0.4, 0.5) is 0 Å². The van der Waals surface area contributed by atoms with E-state index in [1.54, 1.807) is 0 Å². The second-order valence-electron chi connectivity index (χ2n) is 4.20. The van der Waals surface area contributed by atoms with Crippen LogP contribution >= 0.6 is 0 Å². The zero-order valence-electron chi connectivity index (χ0n) is 8.99. The summed E-state index contributed by atoms with van der Waals surface area (Å²) in [4.78, 5) is 0. The smallest absolute Gasteiger partial charge is 0.0827 e. The monoisotopic (exact) mass is 204 g/mol. The number of hydrogen-bond donors (Lipinski definition) is 1. The van der Waals surface area contributed by atoms with Gasteiger partial charge >= 0.3 is 0 Å². The average Bonchev–Trinajstić information content (AvgIpc) is 2.62. The van der Waals surface area contributed by atoms with Crippen molar-refractivity contribution in [2.75, 3.05) is 0 Å². The van der Waals surface area contributed by atoms with E-state index in [-0.39, 0.29) is 0 Å². The first-order valence-electron chi connectivity index (χ1n) is 5.18. The molecular formula is C13H16O2. The lowest BCUT2D eigenvalue weighted by molar-refractivity contribution is 0.134. The molecule has 2 heteroatoms. The largest absolute Gasteiger partial charge is 0.388 e. The normalized spacial score (nSPS) is 16.1. The van der Waals surface area contributed by atoms with Crippen molar-refractivity contribution in [3.63, 3.8) is 0 Å². The van der Waals surface area contributed by atoms with Gasteiger partial charge in [-0.1, -0.05) is 23.8 Å². The second-order valence-corrected chi connectivity index (χ2v) is 4.20. The van der Waals surface area contributed by atoms with Crippen LogP contribution in [0.2, 0.25) is 0 Å². The Labute approximate surface area is 90.2 Å². The molecule has 15 heavy (non-hydrogen) atoms. The summed E-state index contributed by atoms with van der Waals surface area (Å²) in [5, 5.41) is 9.92. The minimum atomic E-state index is -0.437. The van der Waals surface area contributed by atoms with Crippen molar-refractivity contribution >= 4 is 0 Å². The Hall–Kier alpha value is -1.12. The van der Waals surface area contributed by atoms with Crippen molar-refractivity contribution in [2.45, 2.75) is 32.7 Å². The van der Waals surface area contributed by atoms with Crippen LogP contribution in [-0.2, 0) is 18.0 Å². The summed E-state index contributed by atoms with van der Waals surface area (Å²) in [6.45, 7) is 7.11. The van der Waals surface area contributed by atoms with Crippen LogP contribution in [0.15, 0.2) is 30.4 Å². The van der Waals surface area contributed by atoms with Crippen molar-refractivity contribution in [3.8, 4) is 0 Å². The van der Waals surface area contributed by atoms with Crippen LogP contribution in [0.25, 0.3) is 0 Å². The standard InChI is InChI=1S/C13H16O2/c1-9(2)5-13(14)10-3-4-11-7-15-8-12(11)6-10/h3-4,6,13-14H,1,5,7-8H2,2H3. The van der Waals surface area contributed by atoms with Gasteiger partial charge in [-0.25, -0.2) is 0 Å². The highest BCUT2D eigenvalue weighted by Crippen LogP contribution is 2.26. The highest BCUT2D eigenvalue weighted by molar-refractivity contribution is 5.34. The first-order valence-corrected chi connectivity index (χ1v) is 5.18. The van der Waals surface area contributed by atoms with Crippen molar-refractivity contribution in [3.05, 3.63) is 47.0 Å². The lowest BCUT2D eigenvalue weighted by Crippen LogP contribution is -1.99. The molecule has 0 amide bonds. The zero-order chi connectivity index (χ0) is 10.8. The lowest BCUT2D eigenvalue weighted by atomic mass is 9.99. The molecule has 1 aliphatic heterocycles. The van der Waals surface area contributed by atoms with Gasteiger partial charge in [0.15, 0.2) is 0 Å². The van der Waals surface area contributed by atoms with Crippen LogP contribution in [0.5, 0.6) is 0 Å². The maximum Gasteiger partial charge on any atom is 0.0827 e. The number of hydrogen-bond acceptors (Lipinski definition) is 2. The number of aliphatic hydroxyl groups excluding tert-OH is 1. The van der Waals surface area contributed by atoms with Gasteiger partial charge in [-0.05, 0) is 30.0 Å². The quantitative estimate of drug-likeness (QED) is 0.767. The third-order valence-electron chi connectivity index (χ3n) is 2.67. The third-order valence-corrected chi connectivity index (χ3v) is 2.67. The summed E-state index contributed by atoms with van der Waals surface area (Å²) in [5.41, 5.74) is 4.40. The molecule has 0 fully saturated rings. The predicted octanol–water partition coefficient (Wildman–Crippen LogP) is 2.72. The van der Waals surface area contributed by atoms with Crippen molar-refractivity contribution < 1.29 is 9.84 Å². The van der Waals surface area contributed by atoms with Gasteiger partial charge in [0.05, 0.1) is 19.3 Å². The van der Waals surface area contributed by atoms with Gasteiger partial charge in [-0.15, -0.1) is 6.58 Å². The molecule has 1 aromatic rings. The Bertz CT molecular complexity index is 382. The lowest BCUT2D eigenvalue weighted by Gasteiger charge is -2.11. The number of fused-ring (bicyclic) bond motifs is 1. The molecule has 1 aliphatic rings.